The van der Waals surface area contributed by atoms with Gasteiger partial charge in [-0.05, 0) is 19.8 Å². The average Bonchev–Trinajstić information content (AvgIpc) is 2.26. The third kappa shape index (κ3) is 2.45. The van der Waals surface area contributed by atoms with E-state index >= 15 is 0 Å². The highest BCUT2D eigenvalue weighted by Gasteiger charge is 2.30. The Hall–Kier alpha value is -0.610. The van der Waals surface area contributed by atoms with E-state index in [1.807, 2.05) is 0 Å². The Bertz CT molecular complexity index is 206. The molecular weight excluding hydrogens is 178 g/mol. The molecule has 1 heterocycles. The zero-order chi connectivity index (χ0) is 10.7. The van der Waals surface area contributed by atoms with Crippen LogP contribution >= 0.6 is 0 Å². The maximum atomic E-state index is 11.7. The highest BCUT2D eigenvalue weighted by Crippen LogP contribution is 2.12. The standard InChI is InChI=1S/C10H21N3O/c1-7(2)13-6-8(3)5-12-10(14)9(13)4-11/h7-9H,4-6,11H2,1-3H3,(H,12,14). The number of carbonyl (C=O) groups is 1. The first-order valence-corrected chi connectivity index (χ1v) is 5.29. The van der Waals surface area contributed by atoms with Gasteiger partial charge in [0.25, 0.3) is 0 Å². The Morgan fingerprint density at radius 1 is 1.64 bits per heavy atom. The van der Waals surface area contributed by atoms with Crippen LogP contribution in [-0.4, -0.2) is 42.5 Å². The van der Waals surface area contributed by atoms with E-state index in [2.05, 4.69) is 31.0 Å². The van der Waals surface area contributed by atoms with Crippen molar-refractivity contribution in [1.82, 2.24) is 10.2 Å². The lowest BCUT2D eigenvalue weighted by Crippen LogP contribution is -2.51. The van der Waals surface area contributed by atoms with Gasteiger partial charge in [-0.2, -0.15) is 0 Å². The van der Waals surface area contributed by atoms with E-state index in [0.29, 0.717) is 18.5 Å². The minimum absolute atomic E-state index is 0.0746. The molecule has 4 nitrogen and oxygen atoms in total. The zero-order valence-electron chi connectivity index (χ0n) is 9.29. The van der Waals surface area contributed by atoms with E-state index < -0.39 is 0 Å². The number of hydrogen-bond acceptors (Lipinski definition) is 3. The molecule has 2 unspecified atom stereocenters. The second-order valence-electron chi connectivity index (χ2n) is 4.39. The predicted molar refractivity (Wildman–Crippen MR) is 56.9 cm³/mol. The summed E-state index contributed by atoms with van der Waals surface area (Å²) in [6.07, 6.45) is 0. The third-order valence-corrected chi connectivity index (χ3v) is 2.74. The molecule has 3 N–H and O–H groups in total. The summed E-state index contributed by atoms with van der Waals surface area (Å²) in [5.41, 5.74) is 5.63. The van der Waals surface area contributed by atoms with Gasteiger partial charge in [0.1, 0.15) is 6.04 Å². The highest BCUT2D eigenvalue weighted by atomic mass is 16.2. The summed E-state index contributed by atoms with van der Waals surface area (Å²) < 4.78 is 0. The first kappa shape index (κ1) is 11.5. The molecule has 0 saturated carbocycles. The molecular formula is C10H21N3O. The molecule has 0 aromatic rings. The summed E-state index contributed by atoms with van der Waals surface area (Å²) in [6, 6.07) is 0.217. The van der Waals surface area contributed by atoms with Gasteiger partial charge in [-0.25, -0.2) is 0 Å². The number of nitrogens with zero attached hydrogens (tertiary/aromatic N) is 1. The second kappa shape index (κ2) is 4.75. The number of rotatable bonds is 2. The Morgan fingerprint density at radius 3 is 2.79 bits per heavy atom. The lowest BCUT2D eigenvalue weighted by Gasteiger charge is -2.31. The maximum Gasteiger partial charge on any atom is 0.238 e. The van der Waals surface area contributed by atoms with Crippen LogP contribution < -0.4 is 11.1 Å². The molecule has 1 amide bonds. The molecule has 1 fully saturated rings. The van der Waals surface area contributed by atoms with Crippen LogP contribution in [0.1, 0.15) is 20.8 Å². The molecule has 1 saturated heterocycles. The fraction of sp³-hybridized carbons (Fsp3) is 0.900. The minimum Gasteiger partial charge on any atom is -0.354 e. The molecule has 82 valence electrons. The van der Waals surface area contributed by atoms with E-state index in [0.717, 1.165) is 13.1 Å². The van der Waals surface area contributed by atoms with Crippen molar-refractivity contribution in [1.29, 1.82) is 0 Å². The van der Waals surface area contributed by atoms with Gasteiger partial charge in [-0.1, -0.05) is 6.92 Å². The van der Waals surface area contributed by atoms with Crippen LogP contribution in [0.2, 0.25) is 0 Å². The van der Waals surface area contributed by atoms with Crippen LogP contribution in [-0.2, 0) is 4.79 Å². The Kier molecular flexibility index (Phi) is 3.89. The van der Waals surface area contributed by atoms with Crippen LogP contribution in [0.5, 0.6) is 0 Å². The fourth-order valence-electron chi connectivity index (χ4n) is 1.91. The first-order chi connectivity index (χ1) is 6.56. The lowest BCUT2D eigenvalue weighted by molar-refractivity contribution is -0.125. The summed E-state index contributed by atoms with van der Waals surface area (Å²) in [7, 11) is 0. The number of carbonyl (C=O) groups excluding carboxylic acids is 1. The molecule has 1 aliphatic heterocycles. The Labute approximate surface area is 85.8 Å². The molecule has 0 aromatic carbocycles. The van der Waals surface area contributed by atoms with Gasteiger partial charge in [0, 0.05) is 25.7 Å². The van der Waals surface area contributed by atoms with Gasteiger partial charge < -0.3 is 11.1 Å². The maximum absolute atomic E-state index is 11.7. The molecule has 0 radical (unpaired) electrons. The van der Waals surface area contributed by atoms with Crippen molar-refractivity contribution in [3.05, 3.63) is 0 Å². The van der Waals surface area contributed by atoms with Crippen LogP contribution in [0.15, 0.2) is 0 Å². The van der Waals surface area contributed by atoms with E-state index in [4.69, 9.17) is 5.73 Å². The van der Waals surface area contributed by atoms with Crippen molar-refractivity contribution in [3.8, 4) is 0 Å². The van der Waals surface area contributed by atoms with Crippen molar-refractivity contribution in [2.75, 3.05) is 19.6 Å². The van der Waals surface area contributed by atoms with Gasteiger partial charge in [-0.3, -0.25) is 9.69 Å². The minimum atomic E-state index is -0.153. The van der Waals surface area contributed by atoms with E-state index in [1.165, 1.54) is 0 Å². The molecule has 1 aliphatic rings. The van der Waals surface area contributed by atoms with Gasteiger partial charge in [0.05, 0.1) is 0 Å². The van der Waals surface area contributed by atoms with Gasteiger partial charge in [0.15, 0.2) is 0 Å². The average molecular weight is 199 g/mol. The number of hydrogen-bond donors (Lipinski definition) is 2. The molecule has 0 bridgehead atoms. The van der Waals surface area contributed by atoms with Crippen LogP contribution in [0.3, 0.4) is 0 Å². The van der Waals surface area contributed by atoms with Crippen molar-refractivity contribution in [2.24, 2.45) is 11.7 Å². The Balaban J connectivity index is 2.78. The van der Waals surface area contributed by atoms with E-state index in [1.54, 1.807) is 0 Å². The van der Waals surface area contributed by atoms with Crippen LogP contribution in [0.4, 0.5) is 0 Å². The van der Waals surface area contributed by atoms with Crippen molar-refractivity contribution >= 4 is 5.91 Å². The molecule has 2 atom stereocenters. The molecule has 0 spiro atoms. The quantitative estimate of drug-likeness (QED) is 0.647. The summed E-state index contributed by atoms with van der Waals surface area (Å²) >= 11 is 0. The van der Waals surface area contributed by atoms with Gasteiger partial charge in [0.2, 0.25) is 5.91 Å². The van der Waals surface area contributed by atoms with Crippen molar-refractivity contribution in [3.63, 3.8) is 0 Å². The highest BCUT2D eigenvalue weighted by molar-refractivity contribution is 5.82. The summed E-state index contributed by atoms with van der Waals surface area (Å²) in [4.78, 5) is 13.9. The first-order valence-electron chi connectivity index (χ1n) is 5.29. The summed E-state index contributed by atoms with van der Waals surface area (Å²) in [5, 5.41) is 2.92. The SMILES string of the molecule is CC1CNC(=O)C(CN)N(C(C)C)C1. The van der Waals surface area contributed by atoms with E-state index in [-0.39, 0.29) is 11.9 Å². The smallest absolute Gasteiger partial charge is 0.238 e. The summed E-state index contributed by atoms with van der Waals surface area (Å²) in [5.74, 6) is 0.573. The third-order valence-electron chi connectivity index (χ3n) is 2.74. The molecule has 4 heteroatoms. The van der Waals surface area contributed by atoms with Crippen LogP contribution in [0.25, 0.3) is 0 Å². The largest absolute Gasteiger partial charge is 0.354 e. The molecule has 1 rings (SSSR count). The predicted octanol–water partition coefficient (Wildman–Crippen LogP) is -0.210. The van der Waals surface area contributed by atoms with Crippen LogP contribution in [0, 0.1) is 5.92 Å². The topological polar surface area (TPSA) is 58.4 Å². The summed E-state index contributed by atoms with van der Waals surface area (Å²) in [6.45, 7) is 8.46. The normalized spacial score (nSPS) is 30.2. The lowest BCUT2D eigenvalue weighted by atomic mass is 10.1. The second-order valence-corrected chi connectivity index (χ2v) is 4.39. The fourth-order valence-corrected chi connectivity index (χ4v) is 1.91. The molecule has 0 aliphatic carbocycles. The number of nitrogens with one attached hydrogen (secondary N) is 1. The number of amides is 1. The van der Waals surface area contributed by atoms with E-state index in [9.17, 15) is 4.79 Å². The van der Waals surface area contributed by atoms with Crippen molar-refractivity contribution < 1.29 is 4.79 Å². The monoisotopic (exact) mass is 199 g/mol. The molecule has 14 heavy (non-hydrogen) atoms. The van der Waals surface area contributed by atoms with Crippen molar-refractivity contribution in [2.45, 2.75) is 32.9 Å². The van der Waals surface area contributed by atoms with Gasteiger partial charge in [-0.15, -0.1) is 0 Å². The number of nitrogens with two attached hydrogens (primary N) is 1. The Morgan fingerprint density at radius 2 is 2.29 bits per heavy atom. The zero-order valence-corrected chi connectivity index (χ0v) is 9.29. The van der Waals surface area contributed by atoms with Gasteiger partial charge >= 0.3 is 0 Å². The molecule has 0 aromatic heterocycles.